The topological polar surface area (TPSA) is 0 Å². The molecule has 0 aliphatic rings. The van der Waals surface area contributed by atoms with E-state index >= 15 is 0 Å². The first-order chi connectivity index (χ1) is 6.56. The van der Waals surface area contributed by atoms with Crippen LogP contribution in [0.15, 0.2) is 0 Å². The number of rotatable bonds is 9. The minimum absolute atomic E-state index is 0.599. The monoisotopic (exact) mass is 222 g/mol. The van der Waals surface area contributed by atoms with Gasteiger partial charge in [-0.05, 0) is 0 Å². The molecule has 0 spiro atoms. The Balaban J connectivity index is 2.99. The molecule has 0 unspecified atom stereocenters. The third kappa shape index (κ3) is 13.2. The summed E-state index contributed by atoms with van der Waals surface area (Å²) in [5.74, 6) is 0. The fraction of sp³-hybridized carbons (Fsp3) is 1.00. The molecule has 2 heteroatoms. The molecule has 0 bridgehead atoms. The van der Waals surface area contributed by atoms with Crippen molar-refractivity contribution in [1.29, 1.82) is 0 Å². The van der Waals surface area contributed by atoms with Crippen molar-refractivity contribution in [2.45, 2.75) is 77.4 Å². The van der Waals surface area contributed by atoms with E-state index in [9.17, 15) is 0 Å². The van der Waals surface area contributed by atoms with Crippen molar-refractivity contribution in [3.63, 3.8) is 0 Å². The molecule has 0 nitrogen and oxygen atoms in total. The standard InChI is InChI=1S/C12H27Si.Na/c1-4-5-6-7-8-9-10-11-12-13(2)3;/h4-12H2,1-3H3;. The average molecular weight is 222 g/mol. The van der Waals surface area contributed by atoms with Crippen LogP contribution in [0.1, 0.15) is 58.3 Å². The van der Waals surface area contributed by atoms with E-state index in [-0.39, 0.29) is 0 Å². The van der Waals surface area contributed by atoms with Crippen LogP contribution in [0.4, 0.5) is 0 Å². The summed E-state index contributed by atoms with van der Waals surface area (Å²) >= 11 is 1.49. The van der Waals surface area contributed by atoms with Crippen molar-refractivity contribution in [2.75, 3.05) is 0 Å². The summed E-state index contributed by atoms with van der Waals surface area (Å²) < 4.78 is -0.599. The Bertz CT molecular complexity index is 118. The summed E-state index contributed by atoms with van der Waals surface area (Å²) in [6.07, 6.45) is 11.8. The summed E-state index contributed by atoms with van der Waals surface area (Å²) in [6, 6.07) is 1.59. The molecule has 14 heavy (non-hydrogen) atoms. The van der Waals surface area contributed by atoms with Crippen LogP contribution in [-0.4, -0.2) is 31.7 Å². The maximum atomic E-state index is 2.54. The zero-order valence-corrected chi connectivity index (χ0v) is 13.9. The Hall–Kier alpha value is 1.22. The van der Waals surface area contributed by atoms with Crippen LogP contribution in [0.25, 0.3) is 0 Å². The summed E-state index contributed by atoms with van der Waals surface area (Å²) in [5, 5.41) is 0. The average Bonchev–Trinajstić information content (AvgIpc) is 2.08. The fourth-order valence-electron chi connectivity index (χ4n) is 1.79. The first-order valence-corrected chi connectivity index (χ1v) is 13.3. The van der Waals surface area contributed by atoms with E-state index in [1.54, 1.807) is 6.04 Å². The van der Waals surface area contributed by atoms with Gasteiger partial charge in [-0.2, -0.15) is 0 Å². The Labute approximate surface area is 108 Å². The second-order valence-electron chi connectivity index (χ2n) is 5.79. The van der Waals surface area contributed by atoms with Gasteiger partial charge in [0.15, 0.2) is 0 Å². The van der Waals surface area contributed by atoms with Gasteiger partial charge in [0.25, 0.3) is 0 Å². The number of hydrogen-bond acceptors (Lipinski definition) is 0. The molecule has 0 aromatic heterocycles. The molecule has 0 N–H and O–H groups in total. The van der Waals surface area contributed by atoms with Gasteiger partial charge in [-0.25, -0.2) is 0 Å². The SMILES string of the molecule is CCCCCCCCCC[Si](C)(C)[Na]. The Morgan fingerprint density at radius 1 is 0.786 bits per heavy atom. The van der Waals surface area contributed by atoms with Gasteiger partial charge in [0.1, 0.15) is 0 Å². The summed E-state index contributed by atoms with van der Waals surface area (Å²) in [5.41, 5.74) is 0. The summed E-state index contributed by atoms with van der Waals surface area (Å²) in [7, 11) is 0. The van der Waals surface area contributed by atoms with Gasteiger partial charge < -0.3 is 0 Å². The zero-order chi connectivity index (χ0) is 10.9. The second-order valence-corrected chi connectivity index (χ2v) is 19.5. The van der Waals surface area contributed by atoms with Gasteiger partial charge in [0, 0.05) is 0 Å². The first kappa shape index (κ1) is 15.2. The van der Waals surface area contributed by atoms with Gasteiger partial charge in [-0.1, -0.05) is 0 Å². The molecule has 0 aliphatic carbocycles. The van der Waals surface area contributed by atoms with E-state index in [2.05, 4.69) is 20.0 Å². The predicted octanol–water partition coefficient (Wildman–Crippen LogP) is 4.50. The van der Waals surface area contributed by atoms with E-state index in [0.717, 1.165) is 0 Å². The molecule has 0 fully saturated rings. The fourth-order valence-corrected chi connectivity index (χ4v) is 4.16. The Kier molecular flexibility index (Phi) is 10.3. The van der Waals surface area contributed by atoms with E-state index in [0.29, 0.717) is 0 Å². The molecule has 0 saturated heterocycles. The molecule has 0 saturated carbocycles. The van der Waals surface area contributed by atoms with Crippen LogP contribution >= 0.6 is 0 Å². The van der Waals surface area contributed by atoms with Gasteiger partial charge in [0.2, 0.25) is 0 Å². The van der Waals surface area contributed by atoms with Crippen LogP contribution < -0.4 is 0 Å². The van der Waals surface area contributed by atoms with Crippen LogP contribution in [0, 0.1) is 0 Å². The molecule has 0 aromatic rings. The molecular formula is C12H27NaSi. The molecule has 0 radical (unpaired) electrons. The van der Waals surface area contributed by atoms with Crippen molar-refractivity contribution in [1.82, 2.24) is 0 Å². The van der Waals surface area contributed by atoms with Crippen molar-refractivity contribution < 1.29 is 0 Å². The predicted molar refractivity (Wildman–Crippen MR) is 70.7 cm³/mol. The van der Waals surface area contributed by atoms with E-state index in [1.165, 1.54) is 78.4 Å². The third-order valence-electron chi connectivity index (χ3n) is 2.78. The maximum absolute atomic E-state index is 2.54. The van der Waals surface area contributed by atoms with E-state index in [4.69, 9.17) is 0 Å². The van der Waals surface area contributed by atoms with E-state index < -0.39 is 4.63 Å². The Morgan fingerprint density at radius 2 is 1.21 bits per heavy atom. The minimum atomic E-state index is -0.599. The van der Waals surface area contributed by atoms with Gasteiger partial charge in [-0.15, -0.1) is 0 Å². The van der Waals surface area contributed by atoms with Gasteiger partial charge in [0.05, 0.1) is 0 Å². The molecule has 0 heterocycles. The molecule has 0 amide bonds. The summed E-state index contributed by atoms with van der Waals surface area (Å²) in [6.45, 7) is 7.37. The quantitative estimate of drug-likeness (QED) is 0.398. The third-order valence-corrected chi connectivity index (χ3v) is 6.13. The molecular weight excluding hydrogens is 195 g/mol. The van der Waals surface area contributed by atoms with Crippen LogP contribution in [-0.2, 0) is 0 Å². The molecule has 0 aromatic carbocycles. The van der Waals surface area contributed by atoms with Crippen molar-refractivity contribution >= 4 is 31.7 Å². The number of unbranched alkanes of at least 4 members (excludes halogenated alkanes) is 7. The van der Waals surface area contributed by atoms with Gasteiger partial charge >= 0.3 is 109 Å². The van der Waals surface area contributed by atoms with Crippen molar-refractivity contribution in [3.8, 4) is 0 Å². The molecule has 0 aliphatic heterocycles. The molecule has 0 atom stereocenters. The van der Waals surface area contributed by atoms with Crippen molar-refractivity contribution in [3.05, 3.63) is 0 Å². The molecule has 0 rings (SSSR count). The first-order valence-electron chi connectivity index (χ1n) is 6.56. The van der Waals surface area contributed by atoms with Crippen molar-refractivity contribution in [2.24, 2.45) is 0 Å². The van der Waals surface area contributed by atoms with Crippen LogP contribution in [0.5, 0.6) is 0 Å². The normalized spacial score (nSPS) is 12.1. The Morgan fingerprint density at radius 3 is 1.64 bits per heavy atom. The number of hydrogen-bond donors (Lipinski definition) is 0. The van der Waals surface area contributed by atoms with Gasteiger partial charge in [-0.3, -0.25) is 0 Å². The second kappa shape index (κ2) is 9.44. The summed E-state index contributed by atoms with van der Waals surface area (Å²) in [4.78, 5) is 0. The molecule has 80 valence electrons. The van der Waals surface area contributed by atoms with E-state index in [1.807, 2.05) is 0 Å². The zero-order valence-electron chi connectivity index (χ0n) is 10.9. The van der Waals surface area contributed by atoms with Crippen LogP contribution in [0.3, 0.4) is 0 Å². The van der Waals surface area contributed by atoms with Crippen LogP contribution in [0.2, 0.25) is 19.1 Å².